The van der Waals surface area contributed by atoms with Gasteiger partial charge < -0.3 is 14.8 Å². The van der Waals surface area contributed by atoms with Gasteiger partial charge in [-0.25, -0.2) is 0 Å². The molecule has 0 bridgehead atoms. The van der Waals surface area contributed by atoms with Crippen molar-refractivity contribution in [2.45, 2.75) is 39.3 Å². The molecule has 0 aliphatic heterocycles. The van der Waals surface area contributed by atoms with Crippen LogP contribution in [-0.2, 0) is 4.74 Å². The zero-order valence-corrected chi connectivity index (χ0v) is 11.9. The van der Waals surface area contributed by atoms with Crippen LogP contribution in [0.5, 0.6) is 5.75 Å². The van der Waals surface area contributed by atoms with Crippen LogP contribution in [0.25, 0.3) is 0 Å². The Bertz CT molecular complexity index is 341. The van der Waals surface area contributed by atoms with Gasteiger partial charge in [0.2, 0.25) is 0 Å². The molecule has 0 saturated carbocycles. The van der Waals surface area contributed by atoms with Crippen molar-refractivity contribution >= 4 is 0 Å². The average Bonchev–Trinajstić information content (AvgIpc) is 2.39. The lowest BCUT2D eigenvalue weighted by Crippen LogP contribution is -2.34. The fourth-order valence-electron chi connectivity index (χ4n) is 2.05. The summed E-state index contributed by atoms with van der Waals surface area (Å²) in [6.45, 7) is 7.76. The molecule has 0 aliphatic rings. The van der Waals surface area contributed by atoms with E-state index in [9.17, 15) is 0 Å². The highest BCUT2D eigenvalue weighted by Gasteiger charge is 2.14. The molecule has 0 saturated heterocycles. The van der Waals surface area contributed by atoms with E-state index >= 15 is 0 Å². The van der Waals surface area contributed by atoms with Gasteiger partial charge in [0, 0.05) is 24.8 Å². The Morgan fingerprint density at radius 2 is 1.94 bits per heavy atom. The maximum Gasteiger partial charge on any atom is 0.124 e. The van der Waals surface area contributed by atoms with E-state index in [4.69, 9.17) is 9.47 Å². The Hall–Kier alpha value is -1.06. The van der Waals surface area contributed by atoms with Gasteiger partial charge in [-0.1, -0.05) is 25.1 Å². The van der Waals surface area contributed by atoms with E-state index in [1.54, 1.807) is 7.11 Å². The molecular weight excluding hydrogens is 226 g/mol. The zero-order valence-electron chi connectivity index (χ0n) is 11.9. The summed E-state index contributed by atoms with van der Waals surface area (Å²) in [6.07, 6.45) is 1.05. The van der Waals surface area contributed by atoms with E-state index in [2.05, 4.69) is 25.2 Å². The number of methoxy groups -OCH3 is 1. The van der Waals surface area contributed by atoms with Gasteiger partial charge in [-0.3, -0.25) is 0 Å². The minimum Gasteiger partial charge on any atom is -0.494 e. The lowest BCUT2D eigenvalue weighted by Gasteiger charge is -2.23. The van der Waals surface area contributed by atoms with E-state index in [1.807, 2.05) is 25.1 Å². The van der Waals surface area contributed by atoms with Crippen LogP contribution in [0.2, 0.25) is 0 Å². The smallest absolute Gasteiger partial charge is 0.124 e. The first kappa shape index (κ1) is 15.0. The summed E-state index contributed by atoms with van der Waals surface area (Å²) < 4.78 is 10.9. The minimum atomic E-state index is 0.257. The Balaban J connectivity index is 2.73. The number of ether oxygens (including phenoxy) is 2. The molecule has 0 amide bonds. The molecule has 18 heavy (non-hydrogen) atoms. The third-order valence-electron chi connectivity index (χ3n) is 3.03. The van der Waals surface area contributed by atoms with Crippen molar-refractivity contribution in [2.24, 2.45) is 0 Å². The molecule has 0 radical (unpaired) electrons. The van der Waals surface area contributed by atoms with Gasteiger partial charge in [0.25, 0.3) is 0 Å². The molecule has 0 aromatic heterocycles. The second-order valence-electron chi connectivity index (χ2n) is 4.42. The molecule has 2 unspecified atom stereocenters. The Kier molecular flexibility index (Phi) is 6.76. The molecule has 1 N–H and O–H groups in total. The van der Waals surface area contributed by atoms with Crippen molar-refractivity contribution in [2.75, 3.05) is 20.3 Å². The SMILES string of the molecule is CCOc1ccccc1C(C)NC(CC)COC. The maximum absolute atomic E-state index is 5.66. The second-order valence-corrected chi connectivity index (χ2v) is 4.42. The molecule has 2 atom stereocenters. The predicted octanol–water partition coefficient (Wildman–Crippen LogP) is 3.16. The van der Waals surface area contributed by atoms with Crippen LogP contribution in [0.15, 0.2) is 24.3 Å². The summed E-state index contributed by atoms with van der Waals surface area (Å²) in [5.41, 5.74) is 1.20. The summed E-state index contributed by atoms with van der Waals surface area (Å²) in [5, 5.41) is 3.58. The molecule has 1 rings (SSSR count). The number of hydrogen-bond donors (Lipinski definition) is 1. The molecular formula is C15H25NO2. The quantitative estimate of drug-likeness (QED) is 0.770. The van der Waals surface area contributed by atoms with Crippen LogP contribution in [0.4, 0.5) is 0 Å². The Labute approximate surface area is 110 Å². The summed E-state index contributed by atoms with van der Waals surface area (Å²) in [4.78, 5) is 0. The van der Waals surface area contributed by atoms with Crippen LogP contribution in [-0.4, -0.2) is 26.4 Å². The first-order valence-corrected chi connectivity index (χ1v) is 6.69. The number of rotatable bonds is 8. The van der Waals surface area contributed by atoms with E-state index in [-0.39, 0.29) is 6.04 Å². The van der Waals surface area contributed by atoms with Crippen molar-refractivity contribution in [1.82, 2.24) is 5.32 Å². The van der Waals surface area contributed by atoms with E-state index in [0.29, 0.717) is 12.6 Å². The fraction of sp³-hybridized carbons (Fsp3) is 0.600. The summed E-state index contributed by atoms with van der Waals surface area (Å²) in [5.74, 6) is 0.965. The lowest BCUT2D eigenvalue weighted by atomic mass is 10.1. The van der Waals surface area contributed by atoms with Crippen LogP contribution < -0.4 is 10.1 Å². The normalized spacial score (nSPS) is 14.2. The summed E-state index contributed by atoms with van der Waals surface area (Å²) >= 11 is 0. The first-order chi connectivity index (χ1) is 8.72. The summed E-state index contributed by atoms with van der Waals surface area (Å²) in [6, 6.07) is 8.82. The highest BCUT2D eigenvalue weighted by atomic mass is 16.5. The van der Waals surface area contributed by atoms with E-state index in [1.165, 1.54) is 5.56 Å². The molecule has 1 aromatic carbocycles. The molecule has 0 spiro atoms. The van der Waals surface area contributed by atoms with Gasteiger partial charge in [-0.2, -0.15) is 0 Å². The maximum atomic E-state index is 5.66. The molecule has 0 fully saturated rings. The van der Waals surface area contributed by atoms with E-state index in [0.717, 1.165) is 18.8 Å². The number of para-hydroxylation sites is 1. The number of benzene rings is 1. The second kappa shape index (κ2) is 8.11. The van der Waals surface area contributed by atoms with Gasteiger partial charge in [-0.05, 0) is 26.3 Å². The molecule has 3 heteroatoms. The van der Waals surface area contributed by atoms with Crippen LogP contribution in [0, 0.1) is 0 Å². The van der Waals surface area contributed by atoms with Crippen LogP contribution >= 0.6 is 0 Å². The predicted molar refractivity (Wildman–Crippen MR) is 75.1 cm³/mol. The first-order valence-electron chi connectivity index (χ1n) is 6.69. The van der Waals surface area contributed by atoms with Gasteiger partial charge in [-0.15, -0.1) is 0 Å². The molecule has 3 nitrogen and oxygen atoms in total. The zero-order chi connectivity index (χ0) is 13.4. The fourth-order valence-corrected chi connectivity index (χ4v) is 2.05. The molecule has 1 aromatic rings. The van der Waals surface area contributed by atoms with Crippen molar-refractivity contribution in [1.29, 1.82) is 0 Å². The largest absolute Gasteiger partial charge is 0.494 e. The summed E-state index contributed by atoms with van der Waals surface area (Å²) in [7, 11) is 1.74. The topological polar surface area (TPSA) is 30.5 Å². The van der Waals surface area contributed by atoms with Crippen molar-refractivity contribution in [3.05, 3.63) is 29.8 Å². The van der Waals surface area contributed by atoms with Gasteiger partial charge in [0.05, 0.1) is 13.2 Å². The van der Waals surface area contributed by atoms with Gasteiger partial charge >= 0.3 is 0 Å². The third-order valence-corrected chi connectivity index (χ3v) is 3.03. The lowest BCUT2D eigenvalue weighted by molar-refractivity contribution is 0.159. The Morgan fingerprint density at radius 3 is 2.56 bits per heavy atom. The van der Waals surface area contributed by atoms with Crippen molar-refractivity contribution in [3.8, 4) is 5.75 Å². The van der Waals surface area contributed by atoms with Gasteiger partial charge in [0.1, 0.15) is 5.75 Å². The molecule has 102 valence electrons. The van der Waals surface area contributed by atoms with Crippen LogP contribution in [0.3, 0.4) is 0 Å². The highest BCUT2D eigenvalue weighted by molar-refractivity contribution is 5.35. The standard InChI is InChI=1S/C15H25NO2/c1-5-13(11-17-4)16-12(3)14-9-7-8-10-15(14)18-6-2/h7-10,12-13,16H,5-6,11H2,1-4H3. The minimum absolute atomic E-state index is 0.257. The highest BCUT2D eigenvalue weighted by Crippen LogP contribution is 2.25. The van der Waals surface area contributed by atoms with Crippen molar-refractivity contribution < 1.29 is 9.47 Å². The molecule has 0 aliphatic carbocycles. The average molecular weight is 251 g/mol. The number of nitrogens with one attached hydrogen (secondary N) is 1. The molecule has 0 heterocycles. The van der Waals surface area contributed by atoms with Gasteiger partial charge in [0.15, 0.2) is 0 Å². The Morgan fingerprint density at radius 1 is 1.22 bits per heavy atom. The van der Waals surface area contributed by atoms with Crippen LogP contribution in [0.1, 0.15) is 38.8 Å². The third kappa shape index (κ3) is 4.31. The van der Waals surface area contributed by atoms with E-state index < -0.39 is 0 Å². The van der Waals surface area contributed by atoms with Crippen molar-refractivity contribution in [3.63, 3.8) is 0 Å². The monoisotopic (exact) mass is 251 g/mol. The number of hydrogen-bond acceptors (Lipinski definition) is 3.